The number of aromatic nitrogens is 1. The molecular weight excluding hydrogens is 153 g/mol. The van der Waals surface area contributed by atoms with Crippen molar-refractivity contribution in [2.45, 2.75) is 13.8 Å². The van der Waals surface area contributed by atoms with Crippen molar-refractivity contribution in [1.29, 1.82) is 0 Å². The minimum absolute atomic E-state index is 0.153. The summed E-state index contributed by atoms with van der Waals surface area (Å²) in [6, 6.07) is 5.12. The van der Waals surface area contributed by atoms with Crippen LogP contribution in [0.3, 0.4) is 0 Å². The Labute approximate surface area is 70.2 Å². The van der Waals surface area contributed by atoms with Gasteiger partial charge in [-0.1, -0.05) is 6.07 Å². The predicted molar refractivity (Wildman–Crippen MR) is 47.7 cm³/mol. The third-order valence-electron chi connectivity index (χ3n) is 2.08. The zero-order valence-electron chi connectivity index (χ0n) is 7.11. The highest BCUT2D eigenvalue weighted by Gasteiger charge is 2.04. The molecule has 62 valence electrons. The Morgan fingerprint density at radius 2 is 2.00 bits per heavy atom. The molecule has 1 aromatic heterocycles. The lowest BCUT2D eigenvalue weighted by atomic mass is 10.1. The second-order valence-corrected chi connectivity index (χ2v) is 3.11. The first-order valence-electron chi connectivity index (χ1n) is 3.93. The summed E-state index contributed by atoms with van der Waals surface area (Å²) in [5.41, 5.74) is 2.99. The van der Waals surface area contributed by atoms with Crippen LogP contribution in [0.1, 0.15) is 11.3 Å². The standard InChI is InChI=1S/C10H10FN/c1-6-3-4-9(11)8-5-7(2)12-10(6)8/h3-5,12H,1-2H3. The molecule has 0 fully saturated rings. The van der Waals surface area contributed by atoms with Crippen molar-refractivity contribution < 1.29 is 4.39 Å². The van der Waals surface area contributed by atoms with Gasteiger partial charge in [0.15, 0.2) is 0 Å². The number of hydrogen-bond acceptors (Lipinski definition) is 0. The van der Waals surface area contributed by atoms with Gasteiger partial charge >= 0.3 is 0 Å². The van der Waals surface area contributed by atoms with E-state index in [4.69, 9.17) is 0 Å². The van der Waals surface area contributed by atoms with Crippen LogP contribution in [0.5, 0.6) is 0 Å². The molecule has 1 heterocycles. The monoisotopic (exact) mass is 163 g/mol. The molecule has 2 aromatic rings. The molecule has 12 heavy (non-hydrogen) atoms. The number of hydrogen-bond donors (Lipinski definition) is 1. The summed E-state index contributed by atoms with van der Waals surface area (Å²) < 4.78 is 13.2. The molecule has 0 radical (unpaired) electrons. The van der Waals surface area contributed by atoms with Gasteiger partial charge in [0.05, 0.1) is 5.52 Å². The SMILES string of the molecule is Cc1cc2c(F)ccc(C)c2[nH]1. The minimum Gasteiger partial charge on any atom is -0.358 e. The number of H-pyrrole nitrogens is 1. The molecule has 0 saturated heterocycles. The number of aromatic amines is 1. The maximum atomic E-state index is 13.2. The molecule has 2 rings (SSSR count). The summed E-state index contributed by atoms with van der Waals surface area (Å²) in [5.74, 6) is -0.153. The molecule has 2 heteroatoms. The molecule has 0 bridgehead atoms. The quantitative estimate of drug-likeness (QED) is 0.614. The fourth-order valence-electron chi connectivity index (χ4n) is 1.46. The normalized spacial score (nSPS) is 10.9. The maximum Gasteiger partial charge on any atom is 0.132 e. The fraction of sp³-hybridized carbons (Fsp3) is 0.200. The van der Waals surface area contributed by atoms with Crippen molar-refractivity contribution >= 4 is 10.9 Å². The first kappa shape index (κ1) is 7.35. The molecule has 0 saturated carbocycles. The lowest BCUT2D eigenvalue weighted by Gasteiger charge is -1.95. The highest BCUT2D eigenvalue weighted by atomic mass is 19.1. The lowest BCUT2D eigenvalue weighted by Crippen LogP contribution is -1.79. The van der Waals surface area contributed by atoms with Crippen LogP contribution in [-0.2, 0) is 0 Å². The molecular formula is C10H10FN. The summed E-state index contributed by atoms with van der Waals surface area (Å²) in [6.07, 6.45) is 0. The largest absolute Gasteiger partial charge is 0.358 e. The molecule has 1 nitrogen and oxygen atoms in total. The van der Waals surface area contributed by atoms with E-state index in [1.54, 1.807) is 6.07 Å². The Bertz CT molecular complexity index is 390. The van der Waals surface area contributed by atoms with Crippen LogP contribution in [-0.4, -0.2) is 4.98 Å². The third kappa shape index (κ3) is 0.916. The third-order valence-corrected chi connectivity index (χ3v) is 2.08. The van der Waals surface area contributed by atoms with Crippen LogP contribution < -0.4 is 0 Å². The van der Waals surface area contributed by atoms with Crippen molar-refractivity contribution in [3.05, 3.63) is 35.3 Å². The van der Waals surface area contributed by atoms with Gasteiger partial charge in [0.2, 0.25) is 0 Å². The number of nitrogens with one attached hydrogen (secondary N) is 1. The Kier molecular flexibility index (Phi) is 1.43. The van der Waals surface area contributed by atoms with Gasteiger partial charge in [-0.15, -0.1) is 0 Å². The summed E-state index contributed by atoms with van der Waals surface area (Å²) in [4.78, 5) is 3.13. The second kappa shape index (κ2) is 2.34. The zero-order valence-corrected chi connectivity index (χ0v) is 7.11. The van der Waals surface area contributed by atoms with Crippen LogP contribution >= 0.6 is 0 Å². The minimum atomic E-state index is -0.153. The number of rotatable bonds is 0. The van der Waals surface area contributed by atoms with Crippen LogP contribution in [0.4, 0.5) is 4.39 Å². The first-order chi connectivity index (χ1) is 5.68. The van der Waals surface area contributed by atoms with Crippen molar-refractivity contribution in [1.82, 2.24) is 4.98 Å². The van der Waals surface area contributed by atoms with Crippen LogP contribution in [0.2, 0.25) is 0 Å². The highest BCUT2D eigenvalue weighted by molar-refractivity contribution is 5.83. The molecule has 0 aliphatic rings. The van der Waals surface area contributed by atoms with Gasteiger partial charge in [0.1, 0.15) is 5.82 Å². The molecule has 1 N–H and O–H groups in total. The number of aryl methyl sites for hydroxylation is 2. The van der Waals surface area contributed by atoms with Crippen molar-refractivity contribution in [2.75, 3.05) is 0 Å². The van der Waals surface area contributed by atoms with Crippen LogP contribution in [0.15, 0.2) is 18.2 Å². The highest BCUT2D eigenvalue weighted by Crippen LogP contribution is 2.21. The second-order valence-electron chi connectivity index (χ2n) is 3.11. The van der Waals surface area contributed by atoms with Gasteiger partial charge in [-0.2, -0.15) is 0 Å². The first-order valence-corrected chi connectivity index (χ1v) is 3.93. The van der Waals surface area contributed by atoms with Crippen LogP contribution in [0.25, 0.3) is 10.9 Å². The Balaban J connectivity index is 2.93. The molecule has 0 amide bonds. The average Bonchev–Trinajstić information content (AvgIpc) is 2.41. The fourth-order valence-corrected chi connectivity index (χ4v) is 1.46. The van der Waals surface area contributed by atoms with Gasteiger partial charge in [-0.05, 0) is 31.5 Å². The summed E-state index contributed by atoms with van der Waals surface area (Å²) in [7, 11) is 0. The van der Waals surface area contributed by atoms with E-state index in [-0.39, 0.29) is 5.82 Å². The molecule has 1 aromatic carbocycles. The topological polar surface area (TPSA) is 15.8 Å². The number of fused-ring (bicyclic) bond motifs is 1. The summed E-state index contributed by atoms with van der Waals surface area (Å²) in [6.45, 7) is 3.90. The zero-order chi connectivity index (χ0) is 8.72. The van der Waals surface area contributed by atoms with Gasteiger partial charge in [0.25, 0.3) is 0 Å². The Hall–Kier alpha value is -1.31. The molecule has 0 aliphatic heterocycles. The van der Waals surface area contributed by atoms with E-state index in [0.29, 0.717) is 5.39 Å². The van der Waals surface area contributed by atoms with Gasteiger partial charge in [-0.25, -0.2) is 4.39 Å². The van der Waals surface area contributed by atoms with E-state index in [1.807, 2.05) is 19.9 Å². The smallest absolute Gasteiger partial charge is 0.132 e. The van der Waals surface area contributed by atoms with Gasteiger partial charge < -0.3 is 4.98 Å². The summed E-state index contributed by atoms with van der Waals surface area (Å²) >= 11 is 0. The predicted octanol–water partition coefficient (Wildman–Crippen LogP) is 2.92. The van der Waals surface area contributed by atoms with E-state index in [9.17, 15) is 4.39 Å². The van der Waals surface area contributed by atoms with Crippen molar-refractivity contribution in [3.8, 4) is 0 Å². The Morgan fingerprint density at radius 3 is 2.67 bits per heavy atom. The van der Waals surface area contributed by atoms with Crippen molar-refractivity contribution in [2.24, 2.45) is 0 Å². The van der Waals surface area contributed by atoms with Crippen molar-refractivity contribution in [3.63, 3.8) is 0 Å². The molecule has 0 unspecified atom stereocenters. The van der Waals surface area contributed by atoms with E-state index < -0.39 is 0 Å². The molecule has 0 atom stereocenters. The van der Waals surface area contributed by atoms with Crippen LogP contribution in [0, 0.1) is 19.7 Å². The van der Waals surface area contributed by atoms with E-state index in [0.717, 1.165) is 16.8 Å². The Morgan fingerprint density at radius 1 is 1.25 bits per heavy atom. The maximum absolute atomic E-state index is 13.2. The van der Waals surface area contributed by atoms with Gasteiger partial charge in [0, 0.05) is 11.1 Å². The molecule has 0 spiro atoms. The number of halogens is 1. The lowest BCUT2D eigenvalue weighted by molar-refractivity contribution is 0.639. The summed E-state index contributed by atoms with van der Waals surface area (Å²) in [5, 5.41) is 0.688. The number of benzene rings is 1. The average molecular weight is 163 g/mol. The van der Waals surface area contributed by atoms with E-state index >= 15 is 0 Å². The van der Waals surface area contributed by atoms with E-state index in [2.05, 4.69) is 4.98 Å². The van der Waals surface area contributed by atoms with Gasteiger partial charge in [-0.3, -0.25) is 0 Å². The molecule has 0 aliphatic carbocycles. The van der Waals surface area contributed by atoms with E-state index in [1.165, 1.54) is 6.07 Å².